The van der Waals surface area contributed by atoms with E-state index < -0.39 is 36.9 Å². The second kappa shape index (κ2) is 8.20. The predicted octanol–water partition coefficient (Wildman–Crippen LogP) is 2.61. The second-order valence-electron chi connectivity index (χ2n) is 10.3. The molecule has 1 aromatic carbocycles. The van der Waals surface area contributed by atoms with Gasteiger partial charge in [0, 0.05) is 17.3 Å². The van der Waals surface area contributed by atoms with E-state index in [4.69, 9.17) is 14.2 Å². The minimum atomic E-state index is -1.25. The Bertz CT molecular complexity index is 792. The highest BCUT2D eigenvalue weighted by Crippen LogP contribution is 2.37. The summed E-state index contributed by atoms with van der Waals surface area (Å²) in [4.78, 5) is 4.37. The Balaban J connectivity index is 1.91. The number of aliphatic imine (C=N–C) groups is 1. The van der Waals surface area contributed by atoms with Crippen molar-refractivity contribution in [1.29, 1.82) is 0 Å². The third-order valence-electron chi connectivity index (χ3n) is 5.68. The van der Waals surface area contributed by atoms with Crippen LogP contribution in [0.2, 0.25) is 0 Å². The maximum atomic E-state index is 10.9. The number of ether oxygens (including phenoxy) is 3. The van der Waals surface area contributed by atoms with E-state index in [1.807, 2.05) is 32.9 Å². The van der Waals surface area contributed by atoms with Gasteiger partial charge in [0.15, 0.2) is 12.5 Å². The van der Waals surface area contributed by atoms with Gasteiger partial charge in [0.05, 0.1) is 6.61 Å². The molecular formula is C23H35NO6. The number of nitrogens with zero attached hydrogens (tertiary/aromatic N) is 1. The molecule has 7 heteroatoms. The van der Waals surface area contributed by atoms with Gasteiger partial charge >= 0.3 is 0 Å². The molecule has 0 bridgehead atoms. The van der Waals surface area contributed by atoms with E-state index in [1.54, 1.807) is 6.92 Å². The molecule has 2 saturated heterocycles. The molecule has 2 fully saturated rings. The molecule has 1 aromatic rings. The topological polar surface area (TPSA) is 101 Å². The molecule has 3 N–H and O–H groups in total. The van der Waals surface area contributed by atoms with E-state index in [0.29, 0.717) is 5.56 Å². The average Bonchev–Trinajstić information content (AvgIpc) is 2.63. The van der Waals surface area contributed by atoms with Gasteiger partial charge in [-0.3, -0.25) is 4.99 Å². The van der Waals surface area contributed by atoms with Crippen LogP contribution in [0.25, 0.3) is 0 Å². The first kappa shape index (κ1) is 23.2. The lowest BCUT2D eigenvalue weighted by Crippen LogP contribution is -2.62. The van der Waals surface area contributed by atoms with Crippen LogP contribution in [0.3, 0.4) is 0 Å². The number of rotatable bonds is 2. The van der Waals surface area contributed by atoms with Crippen molar-refractivity contribution in [2.75, 3.05) is 6.61 Å². The van der Waals surface area contributed by atoms with E-state index in [-0.39, 0.29) is 23.2 Å². The number of fused-ring (bicyclic) bond motifs is 1. The van der Waals surface area contributed by atoms with Crippen molar-refractivity contribution in [3.05, 3.63) is 28.8 Å². The number of benzene rings is 1. The first-order chi connectivity index (χ1) is 13.8. The van der Waals surface area contributed by atoms with Gasteiger partial charge in [-0.15, -0.1) is 0 Å². The monoisotopic (exact) mass is 421 g/mol. The molecule has 2 aliphatic heterocycles. The predicted molar refractivity (Wildman–Crippen MR) is 114 cm³/mol. The first-order valence-electron chi connectivity index (χ1n) is 10.5. The lowest BCUT2D eigenvalue weighted by molar-refractivity contribution is -0.319. The Morgan fingerprint density at radius 2 is 1.67 bits per heavy atom. The van der Waals surface area contributed by atoms with Crippen molar-refractivity contribution < 1.29 is 29.5 Å². The Hall–Kier alpha value is -1.51. The van der Waals surface area contributed by atoms with Gasteiger partial charge < -0.3 is 29.5 Å². The highest BCUT2D eigenvalue weighted by atomic mass is 16.7. The van der Waals surface area contributed by atoms with Crippen LogP contribution < -0.4 is 0 Å². The number of phenolic OH excluding ortho intramolecular Hbond substituents is 1. The molecule has 0 radical (unpaired) electrons. The van der Waals surface area contributed by atoms with E-state index >= 15 is 0 Å². The molecule has 0 aromatic heterocycles. The van der Waals surface area contributed by atoms with Crippen LogP contribution >= 0.6 is 0 Å². The van der Waals surface area contributed by atoms with Crippen molar-refractivity contribution in [1.82, 2.24) is 0 Å². The molecule has 6 atom stereocenters. The molecule has 7 nitrogen and oxygen atoms in total. The maximum Gasteiger partial charge on any atom is 0.177 e. The summed E-state index contributed by atoms with van der Waals surface area (Å²) in [7, 11) is 0. The van der Waals surface area contributed by atoms with Crippen LogP contribution in [-0.2, 0) is 25.0 Å². The third-order valence-corrected chi connectivity index (χ3v) is 5.68. The molecule has 1 unspecified atom stereocenters. The Morgan fingerprint density at radius 3 is 2.27 bits per heavy atom. The standard InChI is InChI=1S/C23H35NO6/c1-12-28-11-16-20(29-12)18(26)19(27)21(30-16)24-10-13-8-14(22(2,3)4)9-15(17(13)25)23(5,6)7/h8-10,12,16,18-21,25-27H,11H2,1-7H3/b24-10+/t12?,16-,18-,19-,20-,21-/m1/s1. The van der Waals surface area contributed by atoms with Crippen LogP contribution in [0.5, 0.6) is 5.75 Å². The summed E-state index contributed by atoms with van der Waals surface area (Å²) in [5, 5.41) is 31.9. The molecule has 0 amide bonds. The molecule has 2 aliphatic rings. The lowest BCUT2D eigenvalue weighted by Gasteiger charge is -2.44. The molecule has 30 heavy (non-hydrogen) atoms. The fraction of sp³-hybridized carbons (Fsp3) is 0.696. The van der Waals surface area contributed by atoms with Gasteiger partial charge in [0.2, 0.25) is 0 Å². The first-order valence-corrected chi connectivity index (χ1v) is 10.5. The van der Waals surface area contributed by atoms with Gasteiger partial charge in [0.1, 0.15) is 30.2 Å². The summed E-state index contributed by atoms with van der Waals surface area (Å²) in [6, 6.07) is 3.93. The third kappa shape index (κ3) is 4.70. The largest absolute Gasteiger partial charge is 0.507 e. The van der Waals surface area contributed by atoms with Gasteiger partial charge in [-0.25, -0.2) is 0 Å². The van der Waals surface area contributed by atoms with Crippen molar-refractivity contribution in [3.63, 3.8) is 0 Å². The molecule has 0 saturated carbocycles. The summed E-state index contributed by atoms with van der Waals surface area (Å²) in [5.74, 6) is 0.154. The van der Waals surface area contributed by atoms with Crippen molar-refractivity contribution in [2.45, 2.75) is 96.2 Å². The molecule has 2 heterocycles. The van der Waals surface area contributed by atoms with Crippen LogP contribution in [0.1, 0.15) is 65.2 Å². The fourth-order valence-corrected chi connectivity index (χ4v) is 3.75. The normalized spacial score (nSPS) is 33.0. The molecule has 3 rings (SSSR count). The van der Waals surface area contributed by atoms with Crippen LogP contribution in [0.15, 0.2) is 17.1 Å². The Labute approximate surface area is 178 Å². The van der Waals surface area contributed by atoms with E-state index in [0.717, 1.165) is 11.1 Å². The SMILES string of the molecule is CC1OC[C@H]2O[C@@H](/N=C/c3cc(C(C)(C)C)cc(C(C)(C)C)c3O)[C@H](O)[C@@H](O)[C@@H]2O1. The summed E-state index contributed by atoms with van der Waals surface area (Å²) in [6.45, 7) is 14.5. The van der Waals surface area contributed by atoms with Crippen molar-refractivity contribution in [2.24, 2.45) is 4.99 Å². The average molecular weight is 422 g/mol. The van der Waals surface area contributed by atoms with E-state index in [1.165, 1.54) is 6.21 Å². The minimum absolute atomic E-state index is 0.117. The van der Waals surface area contributed by atoms with Crippen molar-refractivity contribution in [3.8, 4) is 5.75 Å². The number of aliphatic hydroxyl groups is 2. The summed E-state index contributed by atoms with van der Waals surface area (Å²) in [5.41, 5.74) is 2.06. The molecule has 168 valence electrons. The molecular weight excluding hydrogens is 386 g/mol. The van der Waals surface area contributed by atoms with Crippen LogP contribution in [0.4, 0.5) is 0 Å². The molecule has 0 spiro atoms. The van der Waals surface area contributed by atoms with Crippen LogP contribution in [-0.4, -0.2) is 65.1 Å². The Kier molecular flexibility index (Phi) is 6.33. The van der Waals surface area contributed by atoms with E-state index in [2.05, 4.69) is 25.8 Å². The summed E-state index contributed by atoms with van der Waals surface area (Å²) < 4.78 is 16.8. The quantitative estimate of drug-likeness (QED) is 0.635. The number of aromatic hydroxyl groups is 1. The molecule has 0 aliphatic carbocycles. The number of phenols is 1. The van der Waals surface area contributed by atoms with Crippen LogP contribution in [0, 0.1) is 0 Å². The van der Waals surface area contributed by atoms with Gasteiger partial charge in [-0.05, 0) is 29.4 Å². The lowest BCUT2D eigenvalue weighted by atomic mass is 9.79. The Morgan fingerprint density at radius 1 is 1.00 bits per heavy atom. The zero-order valence-corrected chi connectivity index (χ0v) is 18.9. The van der Waals surface area contributed by atoms with Gasteiger partial charge in [-0.2, -0.15) is 0 Å². The number of aliphatic hydroxyl groups excluding tert-OH is 2. The van der Waals surface area contributed by atoms with Gasteiger partial charge in [0.25, 0.3) is 0 Å². The highest BCUT2D eigenvalue weighted by Gasteiger charge is 2.47. The smallest absolute Gasteiger partial charge is 0.177 e. The number of hydrogen-bond donors (Lipinski definition) is 3. The highest BCUT2D eigenvalue weighted by molar-refractivity contribution is 5.85. The fourth-order valence-electron chi connectivity index (χ4n) is 3.75. The zero-order chi connectivity index (χ0) is 22.4. The number of hydrogen-bond acceptors (Lipinski definition) is 7. The summed E-state index contributed by atoms with van der Waals surface area (Å²) in [6.07, 6.45) is -3.53. The second-order valence-corrected chi connectivity index (χ2v) is 10.3. The minimum Gasteiger partial charge on any atom is -0.507 e. The zero-order valence-electron chi connectivity index (χ0n) is 18.9. The van der Waals surface area contributed by atoms with Crippen molar-refractivity contribution >= 4 is 6.21 Å². The van der Waals surface area contributed by atoms with Gasteiger partial charge in [-0.1, -0.05) is 47.6 Å². The maximum absolute atomic E-state index is 10.9. The summed E-state index contributed by atoms with van der Waals surface area (Å²) >= 11 is 0. The van der Waals surface area contributed by atoms with E-state index in [9.17, 15) is 15.3 Å².